The highest BCUT2D eigenvalue weighted by Gasteiger charge is 2.34. The number of rotatable bonds is 7. The summed E-state index contributed by atoms with van der Waals surface area (Å²) in [6, 6.07) is 15.6. The molecule has 132 valence electrons. The van der Waals surface area contributed by atoms with Gasteiger partial charge in [-0.05, 0) is 48.7 Å². The van der Waals surface area contributed by atoms with Crippen molar-refractivity contribution >= 4 is 5.97 Å². The minimum Gasteiger partial charge on any atom is -0.490 e. The first-order valence-electron chi connectivity index (χ1n) is 8.76. The lowest BCUT2D eigenvalue weighted by atomic mass is 10.0. The van der Waals surface area contributed by atoms with E-state index in [9.17, 15) is 9.90 Å². The summed E-state index contributed by atoms with van der Waals surface area (Å²) in [5.41, 5.74) is 1.50. The quantitative estimate of drug-likeness (QED) is 0.818. The number of ether oxygens (including phenoxy) is 2. The van der Waals surface area contributed by atoms with E-state index < -0.39 is 11.6 Å². The number of carboxylic acid groups (broad SMARTS) is 1. The fraction of sp³-hybridized carbons (Fsp3) is 0.381. The maximum atomic E-state index is 11.5. The van der Waals surface area contributed by atoms with Crippen molar-refractivity contribution in [3.63, 3.8) is 0 Å². The van der Waals surface area contributed by atoms with E-state index in [-0.39, 0.29) is 6.10 Å². The molecule has 0 bridgehead atoms. The van der Waals surface area contributed by atoms with Crippen molar-refractivity contribution in [1.82, 2.24) is 0 Å². The summed E-state index contributed by atoms with van der Waals surface area (Å²) in [6.07, 6.45) is 3.19. The van der Waals surface area contributed by atoms with Gasteiger partial charge in [-0.1, -0.05) is 37.6 Å². The van der Waals surface area contributed by atoms with Gasteiger partial charge in [-0.3, -0.25) is 0 Å². The Morgan fingerprint density at radius 2 is 1.64 bits per heavy atom. The molecule has 3 rings (SSSR count). The third kappa shape index (κ3) is 3.95. The maximum absolute atomic E-state index is 11.5. The molecule has 25 heavy (non-hydrogen) atoms. The first-order chi connectivity index (χ1) is 12.0. The van der Waals surface area contributed by atoms with Crippen LogP contribution in [0.15, 0.2) is 48.5 Å². The fourth-order valence-corrected chi connectivity index (χ4v) is 3.32. The highest BCUT2D eigenvalue weighted by molar-refractivity contribution is 5.77. The molecule has 4 heteroatoms. The smallest absolute Gasteiger partial charge is 0.347 e. The highest BCUT2D eigenvalue weighted by Crippen LogP contribution is 2.28. The molecule has 0 saturated carbocycles. The van der Waals surface area contributed by atoms with Crippen molar-refractivity contribution in [1.29, 1.82) is 0 Å². The van der Waals surface area contributed by atoms with E-state index in [4.69, 9.17) is 9.47 Å². The Morgan fingerprint density at radius 1 is 1.08 bits per heavy atom. The second-order valence-electron chi connectivity index (χ2n) is 6.78. The molecule has 2 aromatic rings. The Hall–Kier alpha value is -2.49. The van der Waals surface area contributed by atoms with E-state index in [1.165, 1.54) is 11.1 Å². The summed E-state index contributed by atoms with van der Waals surface area (Å²) >= 11 is 0. The molecule has 0 fully saturated rings. The van der Waals surface area contributed by atoms with Gasteiger partial charge in [-0.15, -0.1) is 0 Å². The first kappa shape index (κ1) is 17.3. The van der Waals surface area contributed by atoms with Crippen molar-refractivity contribution < 1.29 is 19.4 Å². The van der Waals surface area contributed by atoms with Crippen LogP contribution in [-0.4, -0.2) is 22.8 Å². The van der Waals surface area contributed by atoms with Crippen molar-refractivity contribution in [2.75, 3.05) is 0 Å². The Bertz CT molecular complexity index is 713. The molecule has 1 aliphatic rings. The minimum absolute atomic E-state index is 0.147. The highest BCUT2D eigenvalue weighted by atomic mass is 16.5. The molecule has 0 aromatic heterocycles. The van der Waals surface area contributed by atoms with Crippen LogP contribution in [0.4, 0.5) is 0 Å². The number of hydrogen-bond donors (Lipinski definition) is 1. The zero-order chi connectivity index (χ0) is 17.9. The van der Waals surface area contributed by atoms with Crippen LogP contribution in [0.1, 0.15) is 37.8 Å². The van der Waals surface area contributed by atoms with Gasteiger partial charge in [-0.25, -0.2) is 4.79 Å². The molecule has 1 N–H and O–H groups in total. The van der Waals surface area contributed by atoms with Crippen LogP contribution in [-0.2, 0) is 17.6 Å². The summed E-state index contributed by atoms with van der Waals surface area (Å²) in [4.78, 5) is 11.5. The summed E-state index contributed by atoms with van der Waals surface area (Å²) in [6.45, 7) is 3.56. The lowest BCUT2D eigenvalue weighted by Gasteiger charge is -2.26. The maximum Gasteiger partial charge on any atom is 0.347 e. The van der Waals surface area contributed by atoms with E-state index >= 15 is 0 Å². The summed E-state index contributed by atoms with van der Waals surface area (Å²) in [5, 5.41) is 9.41. The summed E-state index contributed by atoms with van der Waals surface area (Å²) in [7, 11) is 0. The fourth-order valence-electron chi connectivity index (χ4n) is 3.32. The number of carbonyl (C=O) groups is 1. The van der Waals surface area contributed by atoms with Gasteiger partial charge in [-0.2, -0.15) is 0 Å². The van der Waals surface area contributed by atoms with Gasteiger partial charge in [0.15, 0.2) is 0 Å². The van der Waals surface area contributed by atoms with Gasteiger partial charge >= 0.3 is 5.97 Å². The van der Waals surface area contributed by atoms with E-state index in [2.05, 4.69) is 24.3 Å². The van der Waals surface area contributed by atoms with Crippen LogP contribution < -0.4 is 9.47 Å². The first-order valence-corrected chi connectivity index (χ1v) is 8.76. The van der Waals surface area contributed by atoms with E-state index in [0.717, 1.165) is 25.0 Å². The molecule has 0 saturated heterocycles. The van der Waals surface area contributed by atoms with Gasteiger partial charge < -0.3 is 14.6 Å². The standard InChI is InChI=1S/C21H24O4/c1-3-12-21(2,20(22)23)25-18-10-8-17(9-11-18)24-19-13-15-6-4-5-7-16(15)14-19/h4-11,19H,3,12-14H2,1-2H3,(H,22,23). The molecule has 4 nitrogen and oxygen atoms in total. The predicted molar refractivity (Wildman–Crippen MR) is 96.3 cm³/mol. The molecule has 1 atom stereocenters. The molecule has 0 aliphatic heterocycles. The van der Waals surface area contributed by atoms with Crippen LogP contribution >= 0.6 is 0 Å². The van der Waals surface area contributed by atoms with Gasteiger partial charge in [0.1, 0.15) is 17.6 Å². The third-order valence-electron chi connectivity index (χ3n) is 4.66. The summed E-state index contributed by atoms with van der Waals surface area (Å²) in [5.74, 6) is 0.372. The Balaban J connectivity index is 1.62. The molecule has 0 heterocycles. The van der Waals surface area contributed by atoms with E-state index in [0.29, 0.717) is 12.2 Å². The Labute approximate surface area is 148 Å². The number of hydrogen-bond acceptors (Lipinski definition) is 3. The Morgan fingerprint density at radius 3 is 2.16 bits per heavy atom. The molecule has 0 spiro atoms. The van der Waals surface area contributed by atoms with Crippen LogP contribution in [0.25, 0.3) is 0 Å². The number of fused-ring (bicyclic) bond motifs is 1. The molecule has 0 radical (unpaired) electrons. The number of benzene rings is 2. The van der Waals surface area contributed by atoms with Gasteiger partial charge in [0.25, 0.3) is 0 Å². The van der Waals surface area contributed by atoms with Crippen LogP contribution in [0.5, 0.6) is 11.5 Å². The SMILES string of the molecule is CCCC(C)(Oc1ccc(OC2Cc3ccccc3C2)cc1)C(=O)O. The second kappa shape index (κ2) is 7.18. The van der Waals surface area contributed by atoms with Crippen LogP contribution in [0.2, 0.25) is 0 Å². The Kier molecular flexibility index (Phi) is 4.98. The number of carboxylic acids is 1. The molecule has 0 amide bonds. The van der Waals surface area contributed by atoms with Crippen molar-refractivity contribution in [3.05, 3.63) is 59.7 Å². The number of aliphatic carboxylic acids is 1. The zero-order valence-electron chi connectivity index (χ0n) is 14.7. The van der Waals surface area contributed by atoms with Gasteiger partial charge in [0.2, 0.25) is 5.60 Å². The predicted octanol–water partition coefficient (Wildman–Crippen LogP) is 4.26. The van der Waals surface area contributed by atoms with Gasteiger partial charge in [0, 0.05) is 12.8 Å². The van der Waals surface area contributed by atoms with Crippen LogP contribution in [0, 0.1) is 0 Å². The third-order valence-corrected chi connectivity index (χ3v) is 4.66. The minimum atomic E-state index is -1.20. The average molecular weight is 340 g/mol. The monoisotopic (exact) mass is 340 g/mol. The largest absolute Gasteiger partial charge is 0.490 e. The van der Waals surface area contributed by atoms with Gasteiger partial charge in [0.05, 0.1) is 0 Å². The summed E-state index contributed by atoms with van der Waals surface area (Å²) < 4.78 is 11.8. The molecule has 1 aliphatic carbocycles. The molecule has 1 unspecified atom stereocenters. The normalized spacial score (nSPS) is 16.1. The topological polar surface area (TPSA) is 55.8 Å². The van der Waals surface area contributed by atoms with E-state index in [1.807, 2.05) is 19.1 Å². The molecule has 2 aromatic carbocycles. The average Bonchev–Trinajstić information content (AvgIpc) is 2.99. The lowest BCUT2D eigenvalue weighted by Crippen LogP contribution is -2.41. The molecular formula is C21H24O4. The molecular weight excluding hydrogens is 316 g/mol. The second-order valence-corrected chi connectivity index (χ2v) is 6.78. The van der Waals surface area contributed by atoms with Crippen molar-refractivity contribution in [2.24, 2.45) is 0 Å². The zero-order valence-corrected chi connectivity index (χ0v) is 14.7. The lowest BCUT2D eigenvalue weighted by molar-refractivity contribution is -0.154. The van der Waals surface area contributed by atoms with Crippen molar-refractivity contribution in [2.45, 2.75) is 51.2 Å². The van der Waals surface area contributed by atoms with Crippen molar-refractivity contribution in [3.8, 4) is 11.5 Å². The van der Waals surface area contributed by atoms with E-state index in [1.54, 1.807) is 19.1 Å². The van der Waals surface area contributed by atoms with Crippen LogP contribution in [0.3, 0.4) is 0 Å².